The molecule has 1 aromatic carbocycles. The molecule has 0 aliphatic heterocycles. The third-order valence-corrected chi connectivity index (χ3v) is 3.66. The van der Waals surface area contributed by atoms with Gasteiger partial charge >= 0.3 is 12.1 Å². The molecular weight excluding hydrogens is 399 g/mol. The van der Waals surface area contributed by atoms with Gasteiger partial charge in [0, 0.05) is 5.56 Å². The van der Waals surface area contributed by atoms with Gasteiger partial charge in [-0.2, -0.15) is 18.2 Å². The van der Waals surface area contributed by atoms with E-state index in [0.717, 1.165) is 6.07 Å². The van der Waals surface area contributed by atoms with Crippen LogP contribution in [0.1, 0.15) is 27.6 Å². The molecule has 0 atom stereocenters. The summed E-state index contributed by atoms with van der Waals surface area (Å²) in [6.45, 7) is 3.55. The molecule has 29 heavy (non-hydrogen) atoms. The predicted molar refractivity (Wildman–Crippen MR) is 86.0 cm³/mol. The number of hydrogen-bond donors (Lipinski definition) is 0. The van der Waals surface area contributed by atoms with Gasteiger partial charge in [0.1, 0.15) is 24.9 Å². The van der Waals surface area contributed by atoms with Crippen LogP contribution in [-0.2, 0) is 6.18 Å². The zero-order valence-electron chi connectivity index (χ0n) is 15.1. The van der Waals surface area contributed by atoms with E-state index in [1.165, 1.54) is 0 Å². The second kappa shape index (κ2) is 7.81. The van der Waals surface area contributed by atoms with Crippen LogP contribution in [0.5, 0.6) is 11.6 Å². The van der Waals surface area contributed by atoms with E-state index in [0.29, 0.717) is 22.4 Å². The SMILES string of the molecule is Cc1cc(-c2noc(C(F)(F)F)n2)cc(C)c1OCCOc1cc(C(=O)[O-])on1. The molecule has 3 rings (SSSR count). The van der Waals surface area contributed by atoms with Gasteiger partial charge in [0.15, 0.2) is 5.76 Å². The van der Waals surface area contributed by atoms with E-state index < -0.39 is 23.8 Å². The summed E-state index contributed by atoms with van der Waals surface area (Å²) in [5, 5.41) is 17.4. The third kappa shape index (κ3) is 4.65. The highest BCUT2D eigenvalue weighted by molar-refractivity contribution is 5.82. The van der Waals surface area contributed by atoms with E-state index >= 15 is 0 Å². The Kier molecular flexibility index (Phi) is 5.43. The maximum atomic E-state index is 12.6. The topological polar surface area (TPSA) is 124 Å². The van der Waals surface area contributed by atoms with Gasteiger partial charge in [-0.25, -0.2) is 0 Å². The van der Waals surface area contributed by atoms with E-state index in [4.69, 9.17) is 9.47 Å². The van der Waals surface area contributed by atoms with Crippen LogP contribution in [0.3, 0.4) is 0 Å². The number of carboxylic acids is 1. The number of halogens is 3. The summed E-state index contributed by atoms with van der Waals surface area (Å²) < 4.78 is 57.4. The molecule has 3 aromatic rings. The largest absolute Gasteiger partial charge is 0.541 e. The number of carbonyl (C=O) groups is 1. The number of aromatic nitrogens is 3. The second-order valence-corrected chi connectivity index (χ2v) is 5.87. The van der Waals surface area contributed by atoms with Gasteiger partial charge in [0.05, 0.1) is 6.07 Å². The summed E-state index contributed by atoms with van der Waals surface area (Å²) >= 11 is 0. The molecule has 12 heteroatoms. The molecule has 154 valence electrons. The summed E-state index contributed by atoms with van der Waals surface area (Å²) in [4.78, 5) is 14.0. The lowest BCUT2D eigenvalue weighted by Gasteiger charge is -2.13. The van der Waals surface area contributed by atoms with Crippen LogP contribution in [-0.4, -0.2) is 34.5 Å². The van der Waals surface area contributed by atoms with E-state index in [2.05, 4.69) is 24.3 Å². The fourth-order valence-corrected chi connectivity index (χ4v) is 2.48. The quantitative estimate of drug-likeness (QED) is 0.537. The van der Waals surface area contributed by atoms with Crippen LogP contribution in [0, 0.1) is 13.8 Å². The molecule has 9 nitrogen and oxygen atoms in total. The summed E-state index contributed by atoms with van der Waals surface area (Å²) in [6.07, 6.45) is -4.72. The maximum Gasteiger partial charge on any atom is 0.471 e. The third-order valence-electron chi connectivity index (χ3n) is 3.66. The fourth-order valence-electron chi connectivity index (χ4n) is 2.48. The first-order valence-corrected chi connectivity index (χ1v) is 8.11. The molecule has 2 heterocycles. The Bertz CT molecular complexity index is 1000. The molecule has 0 spiro atoms. The van der Waals surface area contributed by atoms with Gasteiger partial charge in [-0.1, -0.05) is 5.16 Å². The number of ether oxygens (including phenoxy) is 2. The van der Waals surface area contributed by atoms with Crippen LogP contribution in [0.2, 0.25) is 0 Å². The summed E-state index contributed by atoms with van der Waals surface area (Å²) in [5.41, 5.74) is 1.62. The van der Waals surface area contributed by atoms with Crippen LogP contribution in [0.4, 0.5) is 13.2 Å². The molecule has 0 aliphatic carbocycles. The lowest BCUT2D eigenvalue weighted by molar-refractivity contribution is -0.257. The Balaban J connectivity index is 1.63. The molecule has 0 unspecified atom stereocenters. The summed E-state index contributed by atoms with van der Waals surface area (Å²) in [5.74, 6) is -3.11. The molecule has 0 radical (unpaired) electrons. The normalized spacial score (nSPS) is 11.5. The molecule has 0 fully saturated rings. The molecule has 0 aliphatic rings. The van der Waals surface area contributed by atoms with Gasteiger partial charge in [-0.15, -0.1) is 0 Å². The first kappa shape index (κ1) is 20.2. The zero-order valence-corrected chi connectivity index (χ0v) is 15.1. The standard InChI is InChI=1S/C17H14F3N3O6/c1-8-5-10(14-21-16(29-23-14)17(18,19)20)6-9(2)13(8)27-4-3-26-12-7-11(15(24)25)28-22-12/h5-7H,3-4H2,1-2H3,(H,24,25)/p-1. The maximum absolute atomic E-state index is 12.6. The van der Waals surface area contributed by atoms with Crippen molar-refractivity contribution in [2.45, 2.75) is 20.0 Å². The van der Waals surface area contributed by atoms with Crippen LogP contribution < -0.4 is 14.6 Å². The first-order valence-electron chi connectivity index (χ1n) is 8.11. The molecule has 0 amide bonds. The van der Waals surface area contributed by atoms with E-state index in [1.54, 1.807) is 26.0 Å². The Hall–Kier alpha value is -3.57. The number of benzene rings is 1. The van der Waals surface area contributed by atoms with E-state index in [1.807, 2.05) is 0 Å². The van der Waals surface area contributed by atoms with Crippen molar-refractivity contribution in [3.63, 3.8) is 0 Å². The van der Waals surface area contributed by atoms with Crippen molar-refractivity contribution >= 4 is 5.97 Å². The van der Waals surface area contributed by atoms with Crippen molar-refractivity contribution in [2.24, 2.45) is 0 Å². The average Bonchev–Trinajstić information content (AvgIpc) is 3.29. The fraction of sp³-hybridized carbons (Fsp3) is 0.294. The highest BCUT2D eigenvalue weighted by Crippen LogP contribution is 2.32. The lowest BCUT2D eigenvalue weighted by Crippen LogP contribution is -2.21. The monoisotopic (exact) mass is 412 g/mol. The van der Waals surface area contributed by atoms with E-state index in [-0.39, 0.29) is 24.9 Å². The highest BCUT2D eigenvalue weighted by atomic mass is 19.4. The van der Waals surface area contributed by atoms with Crippen molar-refractivity contribution in [2.75, 3.05) is 13.2 Å². The summed E-state index contributed by atoms with van der Waals surface area (Å²) in [6, 6.07) is 4.21. The number of carbonyl (C=O) groups excluding carboxylic acids is 1. The van der Waals surface area contributed by atoms with Crippen molar-refractivity contribution in [3.05, 3.63) is 41.0 Å². The summed E-state index contributed by atoms with van der Waals surface area (Å²) in [7, 11) is 0. The number of hydrogen-bond acceptors (Lipinski definition) is 9. The number of aromatic carboxylic acids is 1. The predicted octanol–water partition coefficient (Wildman–Crippen LogP) is 2.18. The molecule has 0 saturated carbocycles. The van der Waals surface area contributed by atoms with Crippen molar-refractivity contribution < 1.29 is 41.6 Å². The molecule has 0 N–H and O–H groups in total. The minimum Gasteiger partial charge on any atom is -0.541 e. The molecular formula is C17H13F3N3O6-. The van der Waals surface area contributed by atoms with Gasteiger partial charge in [0.2, 0.25) is 5.82 Å². The Morgan fingerprint density at radius 2 is 1.72 bits per heavy atom. The lowest BCUT2D eigenvalue weighted by atomic mass is 10.1. The van der Waals surface area contributed by atoms with Crippen molar-refractivity contribution in [1.82, 2.24) is 15.3 Å². The number of aryl methyl sites for hydroxylation is 2. The van der Waals surface area contributed by atoms with Crippen molar-refractivity contribution in [1.29, 1.82) is 0 Å². The Morgan fingerprint density at radius 1 is 1.07 bits per heavy atom. The average molecular weight is 412 g/mol. The van der Waals surface area contributed by atoms with Gasteiger partial charge < -0.3 is 28.4 Å². The zero-order chi connectivity index (χ0) is 21.2. The highest BCUT2D eigenvalue weighted by Gasteiger charge is 2.38. The number of rotatable bonds is 7. The smallest absolute Gasteiger partial charge is 0.471 e. The molecule has 0 saturated heterocycles. The van der Waals surface area contributed by atoms with E-state index in [9.17, 15) is 23.1 Å². The minimum absolute atomic E-state index is 0.0332. The molecule has 0 bridgehead atoms. The van der Waals surface area contributed by atoms with Crippen LogP contribution >= 0.6 is 0 Å². The Morgan fingerprint density at radius 3 is 2.28 bits per heavy atom. The van der Waals surface area contributed by atoms with Gasteiger partial charge in [-0.05, 0) is 42.3 Å². The Labute approximate surface area is 161 Å². The molecule has 2 aromatic heterocycles. The number of carboxylic acid groups (broad SMARTS) is 1. The van der Waals surface area contributed by atoms with Gasteiger partial charge in [-0.3, -0.25) is 0 Å². The number of alkyl halides is 3. The second-order valence-electron chi connectivity index (χ2n) is 5.87. The van der Waals surface area contributed by atoms with Gasteiger partial charge in [0.25, 0.3) is 5.88 Å². The number of nitrogens with zero attached hydrogens (tertiary/aromatic N) is 3. The van der Waals surface area contributed by atoms with Crippen LogP contribution in [0.25, 0.3) is 11.4 Å². The minimum atomic E-state index is -4.72. The van der Waals surface area contributed by atoms with Crippen LogP contribution in [0.15, 0.2) is 27.2 Å². The first-order chi connectivity index (χ1) is 13.6. The van der Waals surface area contributed by atoms with Crippen molar-refractivity contribution in [3.8, 4) is 23.0 Å².